The SMILES string of the molecule is C=C(C)CNc1ccc(C)cc1F. The molecule has 0 saturated heterocycles. The van der Waals surface area contributed by atoms with E-state index in [1.165, 1.54) is 6.07 Å². The van der Waals surface area contributed by atoms with Crippen molar-refractivity contribution in [1.82, 2.24) is 0 Å². The maximum Gasteiger partial charge on any atom is 0.146 e. The van der Waals surface area contributed by atoms with Crippen molar-refractivity contribution in [2.24, 2.45) is 0 Å². The summed E-state index contributed by atoms with van der Waals surface area (Å²) < 4.78 is 13.2. The molecule has 13 heavy (non-hydrogen) atoms. The lowest BCUT2D eigenvalue weighted by Gasteiger charge is -2.07. The second-order valence-electron chi connectivity index (χ2n) is 3.29. The summed E-state index contributed by atoms with van der Waals surface area (Å²) in [6.07, 6.45) is 0. The molecule has 0 aliphatic carbocycles. The molecule has 1 aromatic carbocycles. The minimum absolute atomic E-state index is 0.207. The molecule has 0 aromatic heterocycles. The maximum atomic E-state index is 13.2. The molecule has 1 nitrogen and oxygen atoms in total. The molecule has 0 fully saturated rings. The van der Waals surface area contributed by atoms with Gasteiger partial charge in [-0.3, -0.25) is 0 Å². The lowest BCUT2D eigenvalue weighted by Crippen LogP contribution is -2.03. The van der Waals surface area contributed by atoms with Gasteiger partial charge in [-0.2, -0.15) is 0 Å². The van der Waals surface area contributed by atoms with Crippen molar-refractivity contribution in [3.8, 4) is 0 Å². The van der Waals surface area contributed by atoms with Gasteiger partial charge in [0.05, 0.1) is 5.69 Å². The van der Waals surface area contributed by atoms with Crippen molar-refractivity contribution in [1.29, 1.82) is 0 Å². The fourth-order valence-corrected chi connectivity index (χ4v) is 1.01. The van der Waals surface area contributed by atoms with Gasteiger partial charge >= 0.3 is 0 Å². The topological polar surface area (TPSA) is 12.0 Å². The highest BCUT2D eigenvalue weighted by atomic mass is 19.1. The standard InChI is InChI=1S/C11H14FN/c1-8(2)7-13-11-5-4-9(3)6-10(11)12/h4-6,13H,1,7H2,2-3H3. The number of nitrogens with one attached hydrogen (secondary N) is 1. The van der Waals surface area contributed by atoms with Gasteiger partial charge in [0.15, 0.2) is 0 Å². The van der Waals surface area contributed by atoms with Gasteiger partial charge in [-0.1, -0.05) is 18.2 Å². The zero-order valence-corrected chi connectivity index (χ0v) is 8.02. The predicted molar refractivity (Wildman–Crippen MR) is 54.4 cm³/mol. The van der Waals surface area contributed by atoms with Crippen LogP contribution in [0.15, 0.2) is 30.4 Å². The Balaban J connectivity index is 2.72. The van der Waals surface area contributed by atoms with Crippen LogP contribution in [0.4, 0.5) is 10.1 Å². The van der Waals surface area contributed by atoms with Crippen LogP contribution in [-0.2, 0) is 0 Å². The van der Waals surface area contributed by atoms with Crippen molar-refractivity contribution in [2.45, 2.75) is 13.8 Å². The number of hydrogen-bond donors (Lipinski definition) is 1. The van der Waals surface area contributed by atoms with Gasteiger partial charge in [-0.15, -0.1) is 0 Å². The minimum atomic E-state index is -0.207. The van der Waals surface area contributed by atoms with Gasteiger partial charge in [0, 0.05) is 6.54 Å². The number of rotatable bonds is 3. The molecular formula is C11H14FN. The first-order chi connectivity index (χ1) is 6.09. The Bertz CT molecular complexity index is 318. The Hall–Kier alpha value is -1.31. The van der Waals surface area contributed by atoms with Crippen LogP contribution in [0, 0.1) is 12.7 Å². The highest BCUT2D eigenvalue weighted by molar-refractivity contribution is 5.46. The van der Waals surface area contributed by atoms with Crippen LogP contribution in [0.2, 0.25) is 0 Å². The average molecular weight is 179 g/mol. The molecule has 0 bridgehead atoms. The molecule has 1 aromatic rings. The minimum Gasteiger partial charge on any atom is -0.379 e. The Labute approximate surface area is 78.3 Å². The molecule has 70 valence electrons. The van der Waals surface area contributed by atoms with Gasteiger partial charge in [-0.05, 0) is 31.5 Å². The van der Waals surface area contributed by atoms with E-state index in [4.69, 9.17) is 0 Å². The van der Waals surface area contributed by atoms with E-state index in [0.717, 1.165) is 11.1 Å². The Kier molecular flexibility index (Phi) is 3.07. The fourth-order valence-electron chi connectivity index (χ4n) is 1.01. The monoisotopic (exact) mass is 179 g/mol. The van der Waals surface area contributed by atoms with E-state index >= 15 is 0 Å². The zero-order valence-electron chi connectivity index (χ0n) is 8.02. The third kappa shape index (κ3) is 2.90. The van der Waals surface area contributed by atoms with Crippen LogP contribution < -0.4 is 5.32 Å². The van der Waals surface area contributed by atoms with Crippen LogP contribution >= 0.6 is 0 Å². The second kappa shape index (κ2) is 4.08. The molecule has 0 aliphatic rings. The molecule has 1 N–H and O–H groups in total. The Morgan fingerprint density at radius 3 is 2.77 bits per heavy atom. The van der Waals surface area contributed by atoms with E-state index in [0.29, 0.717) is 12.2 Å². The molecule has 0 saturated carbocycles. The maximum absolute atomic E-state index is 13.2. The summed E-state index contributed by atoms with van der Waals surface area (Å²) in [6, 6.07) is 5.14. The van der Waals surface area contributed by atoms with Crippen LogP contribution in [0.1, 0.15) is 12.5 Å². The molecular weight excluding hydrogens is 165 g/mol. The van der Waals surface area contributed by atoms with E-state index < -0.39 is 0 Å². The van der Waals surface area contributed by atoms with Crippen LogP contribution in [0.5, 0.6) is 0 Å². The number of aryl methyl sites for hydroxylation is 1. The molecule has 0 heterocycles. The van der Waals surface area contributed by atoms with Crippen LogP contribution in [0.25, 0.3) is 0 Å². The molecule has 0 radical (unpaired) electrons. The van der Waals surface area contributed by atoms with Gasteiger partial charge < -0.3 is 5.32 Å². The summed E-state index contributed by atoms with van der Waals surface area (Å²) in [5, 5.41) is 2.97. The van der Waals surface area contributed by atoms with Crippen LogP contribution in [0.3, 0.4) is 0 Å². The molecule has 0 unspecified atom stereocenters. The number of halogens is 1. The quantitative estimate of drug-likeness (QED) is 0.703. The lowest BCUT2D eigenvalue weighted by atomic mass is 10.2. The first-order valence-corrected chi connectivity index (χ1v) is 4.24. The van der Waals surface area contributed by atoms with Gasteiger partial charge in [0.2, 0.25) is 0 Å². The first-order valence-electron chi connectivity index (χ1n) is 4.24. The Morgan fingerprint density at radius 2 is 2.23 bits per heavy atom. The summed E-state index contributed by atoms with van der Waals surface area (Å²) in [6.45, 7) is 8.11. The van der Waals surface area contributed by atoms with E-state index in [9.17, 15) is 4.39 Å². The molecule has 0 atom stereocenters. The summed E-state index contributed by atoms with van der Waals surface area (Å²) in [7, 11) is 0. The van der Waals surface area contributed by atoms with Crippen molar-refractivity contribution in [2.75, 3.05) is 11.9 Å². The first kappa shape index (κ1) is 9.78. The summed E-state index contributed by atoms with van der Waals surface area (Å²) in [5.74, 6) is -0.207. The zero-order chi connectivity index (χ0) is 9.84. The number of hydrogen-bond acceptors (Lipinski definition) is 1. The number of anilines is 1. The largest absolute Gasteiger partial charge is 0.379 e. The fraction of sp³-hybridized carbons (Fsp3) is 0.273. The molecule has 0 aliphatic heterocycles. The highest BCUT2D eigenvalue weighted by Gasteiger charge is 2.00. The highest BCUT2D eigenvalue weighted by Crippen LogP contribution is 2.15. The molecule has 1 rings (SSSR count). The third-order valence-electron chi connectivity index (χ3n) is 1.71. The van der Waals surface area contributed by atoms with E-state index in [1.807, 2.05) is 19.9 Å². The Morgan fingerprint density at radius 1 is 1.54 bits per heavy atom. The van der Waals surface area contributed by atoms with Gasteiger partial charge in [0.25, 0.3) is 0 Å². The summed E-state index contributed by atoms with van der Waals surface area (Å²) >= 11 is 0. The normalized spacial score (nSPS) is 9.77. The molecule has 0 spiro atoms. The van der Waals surface area contributed by atoms with Gasteiger partial charge in [0.1, 0.15) is 5.82 Å². The lowest BCUT2D eigenvalue weighted by molar-refractivity contribution is 0.629. The average Bonchev–Trinajstić information content (AvgIpc) is 2.02. The summed E-state index contributed by atoms with van der Waals surface area (Å²) in [5.41, 5.74) is 2.45. The predicted octanol–water partition coefficient (Wildman–Crippen LogP) is 3.12. The van der Waals surface area contributed by atoms with E-state index in [2.05, 4.69) is 11.9 Å². The third-order valence-corrected chi connectivity index (χ3v) is 1.71. The smallest absolute Gasteiger partial charge is 0.146 e. The van der Waals surface area contributed by atoms with E-state index in [-0.39, 0.29) is 5.82 Å². The van der Waals surface area contributed by atoms with E-state index in [1.54, 1.807) is 6.07 Å². The van der Waals surface area contributed by atoms with Crippen LogP contribution in [-0.4, -0.2) is 6.54 Å². The molecule has 2 heteroatoms. The molecule has 0 amide bonds. The summed E-state index contributed by atoms with van der Waals surface area (Å²) in [4.78, 5) is 0. The van der Waals surface area contributed by atoms with Gasteiger partial charge in [-0.25, -0.2) is 4.39 Å². The number of benzene rings is 1. The van der Waals surface area contributed by atoms with Crippen molar-refractivity contribution in [3.63, 3.8) is 0 Å². The van der Waals surface area contributed by atoms with Crippen molar-refractivity contribution < 1.29 is 4.39 Å². The van der Waals surface area contributed by atoms with Crippen molar-refractivity contribution in [3.05, 3.63) is 41.7 Å². The second-order valence-corrected chi connectivity index (χ2v) is 3.29. The van der Waals surface area contributed by atoms with Crippen molar-refractivity contribution >= 4 is 5.69 Å².